The van der Waals surface area contributed by atoms with E-state index in [-0.39, 0.29) is 0 Å². The standard InChI is InChI=1S/C21H13ClO4S/c1-12-16-11-15(25-20(23)18-3-2-10-27-18)8-9-17(16)26-21(24)19(12)13-4-6-14(22)7-5-13/h2-11H,1H3. The Morgan fingerprint density at radius 1 is 1.11 bits per heavy atom. The van der Waals surface area contributed by atoms with Crippen LogP contribution in [0.25, 0.3) is 22.1 Å². The Labute approximate surface area is 163 Å². The molecule has 2 heterocycles. The van der Waals surface area contributed by atoms with Crippen LogP contribution in [-0.4, -0.2) is 5.97 Å². The van der Waals surface area contributed by atoms with Gasteiger partial charge < -0.3 is 9.15 Å². The molecule has 0 bridgehead atoms. The van der Waals surface area contributed by atoms with Crippen molar-refractivity contribution in [2.75, 3.05) is 0 Å². The fraction of sp³-hybridized carbons (Fsp3) is 0.0476. The molecule has 0 aliphatic rings. The molecule has 0 aliphatic carbocycles. The van der Waals surface area contributed by atoms with Gasteiger partial charge in [0, 0.05) is 10.4 Å². The Kier molecular flexibility index (Phi) is 4.56. The lowest BCUT2D eigenvalue weighted by Crippen LogP contribution is -2.08. The molecule has 4 nitrogen and oxygen atoms in total. The average Bonchev–Trinajstić information content (AvgIpc) is 3.19. The summed E-state index contributed by atoms with van der Waals surface area (Å²) >= 11 is 7.25. The fourth-order valence-corrected chi connectivity index (χ4v) is 3.62. The molecule has 0 aliphatic heterocycles. The zero-order valence-corrected chi connectivity index (χ0v) is 15.8. The highest BCUT2D eigenvalue weighted by molar-refractivity contribution is 7.12. The van der Waals surface area contributed by atoms with E-state index in [1.807, 2.05) is 12.3 Å². The van der Waals surface area contributed by atoms with E-state index in [0.717, 1.165) is 5.56 Å². The Morgan fingerprint density at radius 3 is 2.59 bits per heavy atom. The van der Waals surface area contributed by atoms with Crippen molar-refractivity contribution >= 4 is 39.9 Å². The number of hydrogen-bond donors (Lipinski definition) is 0. The van der Waals surface area contributed by atoms with Gasteiger partial charge in [-0.3, -0.25) is 0 Å². The van der Waals surface area contributed by atoms with Crippen LogP contribution >= 0.6 is 22.9 Å². The van der Waals surface area contributed by atoms with Crippen LogP contribution in [0.4, 0.5) is 0 Å². The first-order valence-electron chi connectivity index (χ1n) is 8.12. The molecule has 27 heavy (non-hydrogen) atoms. The van der Waals surface area contributed by atoms with Crippen molar-refractivity contribution in [2.45, 2.75) is 6.92 Å². The van der Waals surface area contributed by atoms with Crippen molar-refractivity contribution in [2.24, 2.45) is 0 Å². The molecule has 4 aromatic rings. The fourth-order valence-electron chi connectivity index (χ4n) is 2.90. The van der Waals surface area contributed by atoms with Gasteiger partial charge in [-0.25, -0.2) is 9.59 Å². The van der Waals surface area contributed by atoms with E-state index >= 15 is 0 Å². The van der Waals surface area contributed by atoms with E-state index in [1.54, 1.807) is 54.6 Å². The lowest BCUT2D eigenvalue weighted by molar-refractivity contribution is 0.0740. The van der Waals surface area contributed by atoms with Crippen LogP contribution in [0, 0.1) is 6.92 Å². The molecular formula is C21H13ClO4S. The van der Waals surface area contributed by atoms with Crippen LogP contribution in [0.1, 0.15) is 15.2 Å². The molecular weight excluding hydrogens is 384 g/mol. The largest absolute Gasteiger partial charge is 0.422 e. The van der Waals surface area contributed by atoms with E-state index in [9.17, 15) is 9.59 Å². The van der Waals surface area contributed by atoms with Gasteiger partial charge >= 0.3 is 11.6 Å². The third-order valence-corrected chi connectivity index (χ3v) is 5.30. The van der Waals surface area contributed by atoms with Crippen molar-refractivity contribution < 1.29 is 13.9 Å². The maximum Gasteiger partial charge on any atom is 0.353 e. The van der Waals surface area contributed by atoms with Crippen LogP contribution in [0.5, 0.6) is 5.75 Å². The molecule has 6 heteroatoms. The molecule has 2 aromatic carbocycles. The predicted molar refractivity (Wildman–Crippen MR) is 107 cm³/mol. The summed E-state index contributed by atoms with van der Waals surface area (Å²) in [6.45, 7) is 1.84. The number of benzene rings is 2. The van der Waals surface area contributed by atoms with Crippen LogP contribution in [0.15, 0.2) is 69.2 Å². The summed E-state index contributed by atoms with van der Waals surface area (Å²) in [4.78, 5) is 25.2. The topological polar surface area (TPSA) is 56.5 Å². The number of ether oxygens (including phenoxy) is 1. The second-order valence-electron chi connectivity index (χ2n) is 5.92. The Morgan fingerprint density at radius 2 is 1.89 bits per heavy atom. The number of halogens is 1. The zero-order chi connectivity index (χ0) is 19.0. The van der Waals surface area contributed by atoms with Gasteiger partial charge in [-0.1, -0.05) is 29.8 Å². The second-order valence-corrected chi connectivity index (χ2v) is 7.31. The van der Waals surface area contributed by atoms with Crippen LogP contribution in [-0.2, 0) is 0 Å². The van der Waals surface area contributed by atoms with E-state index in [2.05, 4.69) is 0 Å². The Bertz CT molecular complexity index is 1190. The van der Waals surface area contributed by atoms with E-state index in [1.165, 1.54) is 11.3 Å². The van der Waals surface area contributed by atoms with Crippen molar-refractivity contribution in [3.05, 3.63) is 85.9 Å². The first kappa shape index (κ1) is 17.5. The van der Waals surface area contributed by atoms with Crippen LogP contribution in [0.3, 0.4) is 0 Å². The summed E-state index contributed by atoms with van der Waals surface area (Å²) in [7, 11) is 0. The van der Waals surface area contributed by atoms with Gasteiger partial charge in [0.05, 0.1) is 5.56 Å². The molecule has 0 saturated heterocycles. The van der Waals surface area contributed by atoms with E-state index in [0.29, 0.717) is 37.7 Å². The first-order chi connectivity index (χ1) is 13.0. The first-order valence-corrected chi connectivity index (χ1v) is 9.38. The van der Waals surface area contributed by atoms with Crippen molar-refractivity contribution in [3.63, 3.8) is 0 Å². The Balaban J connectivity index is 1.79. The lowest BCUT2D eigenvalue weighted by Gasteiger charge is -2.10. The minimum Gasteiger partial charge on any atom is -0.422 e. The molecule has 2 aromatic heterocycles. The highest BCUT2D eigenvalue weighted by Gasteiger charge is 2.15. The van der Waals surface area contributed by atoms with Crippen molar-refractivity contribution in [3.8, 4) is 16.9 Å². The number of carbonyl (C=O) groups is 1. The summed E-state index contributed by atoms with van der Waals surface area (Å²) in [6.07, 6.45) is 0. The third kappa shape index (κ3) is 3.39. The monoisotopic (exact) mass is 396 g/mol. The highest BCUT2D eigenvalue weighted by Crippen LogP contribution is 2.30. The lowest BCUT2D eigenvalue weighted by atomic mass is 9.99. The van der Waals surface area contributed by atoms with Gasteiger partial charge in [-0.15, -0.1) is 11.3 Å². The third-order valence-electron chi connectivity index (χ3n) is 4.20. The normalized spacial score (nSPS) is 10.9. The number of carbonyl (C=O) groups excluding carboxylic acids is 1. The van der Waals surface area contributed by atoms with Gasteiger partial charge in [0.25, 0.3) is 0 Å². The quantitative estimate of drug-likeness (QED) is 0.253. The molecule has 0 saturated carbocycles. The summed E-state index contributed by atoms with van der Waals surface area (Å²) in [5, 5.41) is 3.11. The van der Waals surface area contributed by atoms with Crippen LogP contribution in [0.2, 0.25) is 5.02 Å². The van der Waals surface area contributed by atoms with Gasteiger partial charge in [-0.2, -0.15) is 0 Å². The summed E-state index contributed by atoms with van der Waals surface area (Å²) in [6, 6.07) is 15.4. The molecule has 0 N–H and O–H groups in total. The number of rotatable bonds is 3. The molecule has 0 amide bonds. The molecule has 4 rings (SSSR count). The SMILES string of the molecule is Cc1c(-c2ccc(Cl)cc2)c(=O)oc2ccc(OC(=O)c3cccs3)cc12. The smallest absolute Gasteiger partial charge is 0.353 e. The molecule has 0 atom stereocenters. The minimum absolute atomic E-state index is 0.389. The highest BCUT2D eigenvalue weighted by atomic mass is 35.5. The zero-order valence-electron chi connectivity index (χ0n) is 14.2. The number of thiophene rings is 1. The molecule has 134 valence electrons. The van der Waals surface area contributed by atoms with Gasteiger partial charge in [0.1, 0.15) is 16.2 Å². The summed E-state index contributed by atoms with van der Waals surface area (Å²) in [5.41, 5.74) is 1.93. The van der Waals surface area contributed by atoms with Gasteiger partial charge in [-0.05, 0) is 59.8 Å². The molecule has 0 spiro atoms. The van der Waals surface area contributed by atoms with Crippen LogP contribution < -0.4 is 10.4 Å². The van der Waals surface area contributed by atoms with Crippen molar-refractivity contribution in [1.29, 1.82) is 0 Å². The predicted octanol–water partition coefficient (Wildman–Crippen LogP) is 5.70. The summed E-state index contributed by atoms with van der Waals surface area (Å²) in [5.74, 6) is -0.0304. The van der Waals surface area contributed by atoms with E-state index < -0.39 is 11.6 Å². The maximum absolute atomic E-state index is 12.5. The van der Waals surface area contributed by atoms with Gasteiger partial charge in [0.2, 0.25) is 0 Å². The maximum atomic E-state index is 12.5. The average molecular weight is 397 g/mol. The number of aryl methyl sites for hydroxylation is 1. The minimum atomic E-state index is -0.425. The number of esters is 1. The molecule has 0 unspecified atom stereocenters. The second kappa shape index (κ2) is 7.02. The Hall–Kier alpha value is -2.89. The number of fused-ring (bicyclic) bond motifs is 1. The van der Waals surface area contributed by atoms with Crippen molar-refractivity contribution in [1.82, 2.24) is 0 Å². The van der Waals surface area contributed by atoms with E-state index in [4.69, 9.17) is 20.8 Å². The molecule has 0 fully saturated rings. The van der Waals surface area contributed by atoms with Gasteiger partial charge in [0.15, 0.2) is 0 Å². The number of hydrogen-bond acceptors (Lipinski definition) is 5. The molecule has 0 radical (unpaired) electrons. The summed E-state index contributed by atoms with van der Waals surface area (Å²) < 4.78 is 10.9.